The first kappa shape index (κ1) is 23.1. The van der Waals surface area contributed by atoms with Gasteiger partial charge in [-0.05, 0) is 48.9 Å². The van der Waals surface area contributed by atoms with E-state index in [2.05, 4.69) is 5.32 Å². The Balaban J connectivity index is 1.70. The lowest BCUT2D eigenvalue weighted by Crippen LogP contribution is -2.31. The topological polar surface area (TPSA) is 58.6 Å². The van der Waals surface area contributed by atoms with Gasteiger partial charge >= 0.3 is 0 Å². The SMILES string of the molecule is COc1ccc(N2C(=O)C(Nc3ccc(C)cc3)=C(C(=O)c3ccccc3)C2c2ccccc2)cc1. The molecule has 5 heteroatoms. The molecule has 178 valence electrons. The Hall–Kier alpha value is -4.64. The molecule has 0 aromatic heterocycles. The molecule has 1 atom stereocenters. The van der Waals surface area contributed by atoms with Crippen LogP contribution in [0.2, 0.25) is 0 Å². The number of ether oxygens (including phenoxy) is 1. The van der Waals surface area contributed by atoms with E-state index in [9.17, 15) is 9.59 Å². The molecule has 1 amide bonds. The zero-order valence-electron chi connectivity index (χ0n) is 20.1. The molecule has 1 aliphatic rings. The van der Waals surface area contributed by atoms with Gasteiger partial charge in [0.15, 0.2) is 5.78 Å². The van der Waals surface area contributed by atoms with Crippen LogP contribution in [0.5, 0.6) is 5.75 Å². The van der Waals surface area contributed by atoms with Crippen molar-refractivity contribution >= 4 is 23.1 Å². The van der Waals surface area contributed by atoms with Gasteiger partial charge in [0, 0.05) is 16.9 Å². The highest BCUT2D eigenvalue weighted by Gasteiger charge is 2.44. The summed E-state index contributed by atoms with van der Waals surface area (Å²) in [5.74, 6) is 0.227. The normalized spacial score (nSPS) is 15.2. The number of Topliss-reactive ketones (excluding diaryl/α,β-unsaturated/α-hetero) is 1. The van der Waals surface area contributed by atoms with Gasteiger partial charge in [-0.15, -0.1) is 0 Å². The number of hydrogen-bond acceptors (Lipinski definition) is 4. The summed E-state index contributed by atoms with van der Waals surface area (Å²) in [4.78, 5) is 29.8. The van der Waals surface area contributed by atoms with Crippen molar-refractivity contribution in [3.63, 3.8) is 0 Å². The number of rotatable bonds is 7. The summed E-state index contributed by atoms with van der Waals surface area (Å²) in [5.41, 5.74) is 4.59. The first-order valence-corrected chi connectivity index (χ1v) is 11.8. The number of anilines is 2. The first-order chi connectivity index (χ1) is 17.6. The third-order valence-electron chi connectivity index (χ3n) is 6.30. The summed E-state index contributed by atoms with van der Waals surface area (Å²) in [5, 5.41) is 3.28. The van der Waals surface area contributed by atoms with Crippen molar-refractivity contribution in [3.05, 3.63) is 137 Å². The van der Waals surface area contributed by atoms with E-state index in [1.165, 1.54) is 0 Å². The van der Waals surface area contributed by atoms with Crippen molar-refractivity contribution < 1.29 is 14.3 Å². The molecular weight excluding hydrogens is 448 g/mol. The zero-order chi connectivity index (χ0) is 25.1. The quantitative estimate of drug-likeness (QED) is 0.318. The molecule has 0 saturated heterocycles. The van der Waals surface area contributed by atoms with Crippen molar-refractivity contribution in [2.45, 2.75) is 13.0 Å². The van der Waals surface area contributed by atoms with E-state index in [0.717, 1.165) is 16.8 Å². The van der Waals surface area contributed by atoms with E-state index >= 15 is 0 Å². The van der Waals surface area contributed by atoms with Crippen molar-refractivity contribution in [2.75, 3.05) is 17.3 Å². The van der Waals surface area contributed by atoms with Crippen LogP contribution in [0.15, 0.2) is 120 Å². The number of benzene rings is 4. The van der Waals surface area contributed by atoms with Gasteiger partial charge in [-0.2, -0.15) is 0 Å². The van der Waals surface area contributed by atoms with Gasteiger partial charge < -0.3 is 10.1 Å². The standard InChI is InChI=1S/C31H26N2O3/c1-21-13-15-24(16-14-21)32-28-27(30(34)23-11-7-4-8-12-23)29(22-9-5-3-6-10-22)33(31(28)35)25-17-19-26(36-2)20-18-25/h3-20,29,32H,1-2H3. The second-order valence-corrected chi connectivity index (χ2v) is 8.66. The predicted molar refractivity (Wildman–Crippen MR) is 142 cm³/mol. The average Bonchev–Trinajstić information content (AvgIpc) is 3.22. The fourth-order valence-electron chi connectivity index (χ4n) is 4.46. The molecule has 5 rings (SSSR count). The lowest BCUT2D eigenvalue weighted by Gasteiger charge is -2.27. The zero-order valence-corrected chi connectivity index (χ0v) is 20.1. The van der Waals surface area contributed by atoms with Gasteiger partial charge in [0.25, 0.3) is 5.91 Å². The maximum atomic E-state index is 14.1. The molecule has 0 fully saturated rings. The van der Waals surface area contributed by atoms with Crippen molar-refractivity contribution in [2.24, 2.45) is 0 Å². The fraction of sp³-hybridized carbons (Fsp3) is 0.0968. The summed E-state index contributed by atoms with van der Waals surface area (Å²) in [6, 6.07) is 33.2. The predicted octanol–water partition coefficient (Wildman–Crippen LogP) is 6.34. The molecule has 4 aromatic carbocycles. The van der Waals surface area contributed by atoms with Gasteiger partial charge in [0.2, 0.25) is 0 Å². The van der Waals surface area contributed by atoms with Crippen LogP contribution >= 0.6 is 0 Å². The lowest BCUT2D eigenvalue weighted by molar-refractivity contribution is -0.114. The highest BCUT2D eigenvalue weighted by Crippen LogP contribution is 2.43. The molecule has 5 nitrogen and oxygen atoms in total. The monoisotopic (exact) mass is 474 g/mol. The minimum Gasteiger partial charge on any atom is -0.497 e. The summed E-state index contributed by atoms with van der Waals surface area (Å²) in [6.07, 6.45) is 0. The Morgan fingerprint density at radius 1 is 0.806 bits per heavy atom. The molecular formula is C31H26N2O3. The number of carbonyl (C=O) groups excluding carboxylic acids is 2. The Bertz CT molecular complexity index is 1410. The van der Waals surface area contributed by atoms with Crippen molar-refractivity contribution in [1.29, 1.82) is 0 Å². The van der Waals surface area contributed by atoms with Crippen LogP contribution in [0, 0.1) is 6.92 Å². The Morgan fingerprint density at radius 2 is 1.42 bits per heavy atom. The molecule has 1 unspecified atom stereocenters. The van der Waals surface area contributed by atoms with Crippen LogP contribution in [0.25, 0.3) is 0 Å². The summed E-state index contributed by atoms with van der Waals surface area (Å²) in [7, 11) is 1.60. The van der Waals surface area contributed by atoms with E-state index in [1.807, 2.05) is 104 Å². The summed E-state index contributed by atoms with van der Waals surface area (Å²) >= 11 is 0. The number of nitrogens with one attached hydrogen (secondary N) is 1. The lowest BCUT2D eigenvalue weighted by atomic mass is 9.92. The molecule has 1 aliphatic heterocycles. The van der Waals surface area contributed by atoms with Gasteiger partial charge in [-0.25, -0.2) is 0 Å². The van der Waals surface area contributed by atoms with E-state index < -0.39 is 6.04 Å². The second kappa shape index (κ2) is 9.92. The highest BCUT2D eigenvalue weighted by atomic mass is 16.5. The number of aryl methyl sites for hydroxylation is 1. The number of hydrogen-bond donors (Lipinski definition) is 1. The number of amides is 1. The molecule has 1 heterocycles. The Kier molecular flexibility index (Phi) is 6.37. The van der Waals surface area contributed by atoms with Crippen LogP contribution in [0.4, 0.5) is 11.4 Å². The maximum absolute atomic E-state index is 14.1. The molecule has 0 aliphatic carbocycles. The van der Waals surface area contributed by atoms with Crippen LogP contribution in [0.1, 0.15) is 27.5 Å². The second-order valence-electron chi connectivity index (χ2n) is 8.66. The number of ketones is 1. The van der Waals surface area contributed by atoms with Gasteiger partial charge in [-0.3, -0.25) is 14.5 Å². The van der Waals surface area contributed by atoms with Gasteiger partial charge in [-0.1, -0.05) is 78.4 Å². The Labute approximate surface area is 210 Å². The molecule has 0 radical (unpaired) electrons. The van der Waals surface area contributed by atoms with E-state index in [1.54, 1.807) is 24.1 Å². The Morgan fingerprint density at radius 3 is 2.03 bits per heavy atom. The average molecular weight is 475 g/mol. The molecule has 0 spiro atoms. The smallest absolute Gasteiger partial charge is 0.276 e. The van der Waals surface area contributed by atoms with Gasteiger partial charge in [0.05, 0.1) is 18.7 Å². The van der Waals surface area contributed by atoms with Crippen LogP contribution in [-0.2, 0) is 4.79 Å². The maximum Gasteiger partial charge on any atom is 0.276 e. The van der Waals surface area contributed by atoms with Crippen LogP contribution < -0.4 is 15.0 Å². The largest absolute Gasteiger partial charge is 0.497 e. The number of nitrogens with zero attached hydrogens (tertiary/aromatic N) is 1. The molecule has 0 bridgehead atoms. The minimum absolute atomic E-state index is 0.191. The molecule has 4 aromatic rings. The highest BCUT2D eigenvalue weighted by molar-refractivity contribution is 6.23. The third kappa shape index (κ3) is 4.39. The minimum atomic E-state index is -0.604. The van der Waals surface area contributed by atoms with Crippen molar-refractivity contribution in [1.82, 2.24) is 0 Å². The van der Waals surface area contributed by atoms with E-state index in [0.29, 0.717) is 22.6 Å². The molecule has 1 N–H and O–H groups in total. The number of carbonyl (C=O) groups is 2. The van der Waals surface area contributed by atoms with Crippen LogP contribution in [-0.4, -0.2) is 18.8 Å². The molecule has 36 heavy (non-hydrogen) atoms. The van der Waals surface area contributed by atoms with Crippen molar-refractivity contribution in [3.8, 4) is 5.75 Å². The molecule has 0 saturated carbocycles. The van der Waals surface area contributed by atoms with E-state index in [4.69, 9.17) is 4.74 Å². The van der Waals surface area contributed by atoms with Gasteiger partial charge in [0.1, 0.15) is 11.4 Å². The summed E-state index contributed by atoms with van der Waals surface area (Å²) < 4.78 is 5.32. The summed E-state index contributed by atoms with van der Waals surface area (Å²) in [6.45, 7) is 2.00. The van der Waals surface area contributed by atoms with E-state index in [-0.39, 0.29) is 17.4 Å². The number of methoxy groups -OCH3 is 1. The third-order valence-corrected chi connectivity index (χ3v) is 6.30. The first-order valence-electron chi connectivity index (χ1n) is 11.8. The fourth-order valence-corrected chi connectivity index (χ4v) is 4.46. The van der Waals surface area contributed by atoms with Crippen LogP contribution in [0.3, 0.4) is 0 Å².